The maximum Gasteiger partial charge on any atom is 0.455 e. The Morgan fingerprint density at radius 1 is 1.47 bits per heavy atom. The summed E-state index contributed by atoms with van der Waals surface area (Å²) >= 11 is 0. The molecule has 2 N–H and O–H groups in total. The molecule has 1 saturated heterocycles. The molecule has 1 fully saturated rings. The van der Waals surface area contributed by atoms with Gasteiger partial charge in [-0.05, 0) is 6.42 Å². The van der Waals surface area contributed by atoms with E-state index < -0.39 is 24.1 Å². The van der Waals surface area contributed by atoms with E-state index in [4.69, 9.17) is 5.11 Å². The van der Waals surface area contributed by atoms with Crippen LogP contribution in [0.5, 0.6) is 0 Å². The van der Waals surface area contributed by atoms with Gasteiger partial charge in [0.1, 0.15) is 0 Å². The van der Waals surface area contributed by atoms with Crippen molar-refractivity contribution in [2.75, 3.05) is 6.54 Å². The minimum atomic E-state index is -4.60. The van der Waals surface area contributed by atoms with Crippen LogP contribution in [0.4, 0.5) is 13.2 Å². The van der Waals surface area contributed by atoms with Crippen LogP contribution in [0.3, 0.4) is 0 Å². The van der Waals surface area contributed by atoms with Crippen molar-refractivity contribution in [2.24, 2.45) is 0 Å². The highest BCUT2D eigenvalue weighted by molar-refractivity contribution is 4.99. The predicted octanol–water partition coefficient (Wildman–Crippen LogP) is 0.484. The summed E-state index contributed by atoms with van der Waals surface area (Å²) in [7, 11) is 0. The van der Waals surface area contributed by atoms with E-state index in [9.17, 15) is 13.2 Å². The van der Waals surface area contributed by atoms with E-state index in [2.05, 4.69) is 20.0 Å². The summed E-state index contributed by atoms with van der Waals surface area (Å²) in [6.07, 6.45) is -4.91. The Hall–Kier alpha value is -1.15. The number of hydrogen-bond acceptors (Lipinski definition) is 5. The lowest BCUT2D eigenvalue weighted by atomic mass is 10.2. The molecule has 5 nitrogen and oxygen atoms in total. The molecule has 2 heterocycles. The number of alkyl halides is 3. The summed E-state index contributed by atoms with van der Waals surface area (Å²) in [6.45, 7) is 0.314. The Morgan fingerprint density at radius 3 is 2.67 bits per heavy atom. The van der Waals surface area contributed by atoms with Crippen molar-refractivity contribution in [1.82, 2.24) is 15.5 Å². The van der Waals surface area contributed by atoms with Crippen LogP contribution in [0, 0.1) is 0 Å². The number of aliphatic hydroxyl groups excluding tert-OH is 1. The van der Waals surface area contributed by atoms with Crippen molar-refractivity contribution in [2.45, 2.75) is 24.7 Å². The number of aliphatic hydroxyl groups is 1. The Labute approximate surface area is 82.3 Å². The summed E-state index contributed by atoms with van der Waals surface area (Å²) in [5, 5.41) is 14.8. The number of aromatic nitrogens is 2. The van der Waals surface area contributed by atoms with Crippen LogP contribution in [0.2, 0.25) is 0 Å². The van der Waals surface area contributed by atoms with Crippen molar-refractivity contribution in [3.63, 3.8) is 0 Å². The monoisotopic (exact) mass is 223 g/mol. The average molecular weight is 223 g/mol. The van der Waals surface area contributed by atoms with Crippen LogP contribution < -0.4 is 5.32 Å². The van der Waals surface area contributed by atoms with Crippen LogP contribution in [-0.2, 0) is 6.18 Å². The van der Waals surface area contributed by atoms with Crippen LogP contribution in [0.15, 0.2) is 4.52 Å². The molecule has 0 aromatic carbocycles. The van der Waals surface area contributed by atoms with Crippen molar-refractivity contribution >= 4 is 0 Å². The summed E-state index contributed by atoms with van der Waals surface area (Å²) < 4.78 is 40.8. The van der Waals surface area contributed by atoms with Gasteiger partial charge in [-0.3, -0.25) is 0 Å². The fraction of sp³-hybridized carbons (Fsp3) is 0.714. The highest BCUT2D eigenvalue weighted by atomic mass is 19.4. The molecule has 84 valence electrons. The molecule has 8 heteroatoms. The van der Waals surface area contributed by atoms with E-state index in [-0.39, 0.29) is 12.3 Å². The number of nitrogens with zero attached hydrogens (tertiary/aromatic N) is 2. The number of β-amino-alcohol motifs (C(OH)–C–C–N with tert-alkyl or cyclic N) is 1. The zero-order valence-electron chi connectivity index (χ0n) is 7.45. The third-order valence-electron chi connectivity index (χ3n) is 2.10. The second-order valence-electron chi connectivity index (χ2n) is 3.30. The number of nitrogens with one attached hydrogen (secondary N) is 1. The lowest BCUT2D eigenvalue weighted by Crippen LogP contribution is -2.15. The minimum absolute atomic E-state index is 0.140. The quantitative estimate of drug-likeness (QED) is 0.724. The Morgan fingerprint density at radius 2 is 2.20 bits per heavy atom. The van der Waals surface area contributed by atoms with Gasteiger partial charge in [0.15, 0.2) is 0 Å². The topological polar surface area (TPSA) is 71.2 Å². The Kier molecular flexibility index (Phi) is 2.39. The Balaban J connectivity index is 2.14. The largest absolute Gasteiger partial charge is 0.455 e. The maximum absolute atomic E-state index is 12.1. The van der Waals surface area contributed by atoms with E-state index in [0.717, 1.165) is 0 Å². The summed E-state index contributed by atoms with van der Waals surface area (Å²) in [5.41, 5.74) is 0. The highest BCUT2D eigenvalue weighted by Crippen LogP contribution is 2.29. The zero-order chi connectivity index (χ0) is 11.1. The van der Waals surface area contributed by atoms with Crippen LogP contribution >= 0.6 is 0 Å². The molecule has 1 aliphatic heterocycles. The molecule has 1 aromatic heterocycles. The SMILES string of the molecule is O[C@H]1CN[C@@H](c2nc(C(F)(F)F)no2)C1. The summed E-state index contributed by atoms with van der Waals surface area (Å²) in [6, 6.07) is -0.497. The first-order valence-corrected chi connectivity index (χ1v) is 4.29. The smallest absolute Gasteiger partial charge is 0.392 e. The van der Waals surface area contributed by atoms with Crippen molar-refractivity contribution in [1.29, 1.82) is 0 Å². The van der Waals surface area contributed by atoms with Crippen molar-refractivity contribution in [3.8, 4) is 0 Å². The summed E-state index contributed by atoms with van der Waals surface area (Å²) in [4.78, 5) is 3.22. The molecule has 0 saturated carbocycles. The van der Waals surface area contributed by atoms with Gasteiger partial charge in [-0.25, -0.2) is 0 Å². The van der Waals surface area contributed by atoms with E-state index >= 15 is 0 Å². The fourth-order valence-corrected chi connectivity index (χ4v) is 1.40. The highest BCUT2D eigenvalue weighted by Gasteiger charge is 2.39. The van der Waals surface area contributed by atoms with Gasteiger partial charge in [0.25, 0.3) is 5.82 Å². The lowest BCUT2D eigenvalue weighted by molar-refractivity contribution is -0.146. The van der Waals surface area contributed by atoms with E-state index in [1.165, 1.54) is 0 Å². The van der Waals surface area contributed by atoms with Crippen LogP contribution in [-0.4, -0.2) is 27.9 Å². The molecule has 0 unspecified atom stereocenters. The second kappa shape index (κ2) is 3.46. The van der Waals surface area contributed by atoms with Gasteiger partial charge >= 0.3 is 6.18 Å². The first-order valence-electron chi connectivity index (χ1n) is 4.29. The van der Waals surface area contributed by atoms with Gasteiger partial charge in [-0.1, -0.05) is 5.16 Å². The van der Waals surface area contributed by atoms with E-state index in [1.54, 1.807) is 0 Å². The van der Waals surface area contributed by atoms with Crippen LogP contribution in [0.25, 0.3) is 0 Å². The molecule has 15 heavy (non-hydrogen) atoms. The van der Waals surface area contributed by atoms with Gasteiger partial charge in [0.2, 0.25) is 5.89 Å². The van der Waals surface area contributed by atoms with Crippen molar-refractivity contribution < 1.29 is 22.8 Å². The molecule has 0 amide bonds. The molecular formula is C7H8F3N3O2. The van der Waals surface area contributed by atoms with Gasteiger partial charge < -0.3 is 14.9 Å². The third-order valence-corrected chi connectivity index (χ3v) is 2.10. The number of rotatable bonds is 1. The fourth-order valence-electron chi connectivity index (χ4n) is 1.40. The Bertz CT molecular complexity index is 351. The van der Waals surface area contributed by atoms with Gasteiger partial charge in [0.05, 0.1) is 12.1 Å². The molecule has 1 aliphatic rings. The lowest BCUT2D eigenvalue weighted by Gasteiger charge is -2.01. The first kappa shape index (κ1) is 10.4. The molecule has 0 spiro atoms. The van der Waals surface area contributed by atoms with Gasteiger partial charge in [-0.2, -0.15) is 18.2 Å². The molecule has 2 atom stereocenters. The second-order valence-corrected chi connectivity index (χ2v) is 3.30. The number of halogens is 3. The predicted molar refractivity (Wildman–Crippen MR) is 40.7 cm³/mol. The van der Waals surface area contributed by atoms with Crippen LogP contribution in [0.1, 0.15) is 24.2 Å². The normalized spacial score (nSPS) is 27.2. The molecule has 0 radical (unpaired) electrons. The standard InChI is InChI=1S/C7H8F3N3O2/c8-7(9,10)6-12-5(15-13-6)4-1-3(14)2-11-4/h3-4,11,14H,1-2H2/t3-,4-/m1/s1. The van der Waals surface area contributed by atoms with E-state index in [0.29, 0.717) is 6.54 Å². The van der Waals surface area contributed by atoms with E-state index in [1.807, 2.05) is 0 Å². The molecule has 0 aliphatic carbocycles. The van der Waals surface area contributed by atoms with Gasteiger partial charge in [0, 0.05) is 6.54 Å². The molecular weight excluding hydrogens is 215 g/mol. The zero-order valence-corrected chi connectivity index (χ0v) is 7.45. The summed E-state index contributed by atoms with van der Waals surface area (Å²) in [5.74, 6) is -1.43. The third kappa shape index (κ3) is 2.10. The minimum Gasteiger partial charge on any atom is -0.392 e. The first-order chi connectivity index (χ1) is 6.97. The molecule has 2 rings (SSSR count). The maximum atomic E-state index is 12.1. The van der Waals surface area contributed by atoms with Crippen molar-refractivity contribution in [3.05, 3.63) is 11.7 Å². The number of hydrogen-bond donors (Lipinski definition) is 2. The van der Waals surface area contributed by atoms with Gasteiger partial charge in [-0.15, -0.1) is 0 Å². The molecule has 0 bridgehead atoms. The molecule has 1 aromatic rings. The average Bonchev–Trinajstić information content (AvgIpc) is 2.69.